The van der Waals surface area contributed by atoms with E-state index in [-0.39, 0.29) is 6.03 Å². The molecule has 0 radical (unpaired) electrons. The molecule has 0 aliphatic carbocycles. The van der Waals surface area contributed by atoms with Gasteiger partial charge in [0.25, 0.3) is 0 Å². The second-order valence-corrected chi connectivity index (χ2v) is 8.24. The number of nitrogens with one attached hydrogen (secondary N) is 3. The molecule has 0 spiro atoms. The first-order valence-corrected chi connectivity index (χ1v) is 11.2. The summed E-state index contributed by atoms with van der Waals surface area (Å²) < 4.78 is 0.803. The summed E-state index contributed by atoms with van der Waals surface area (Å²) >= 11 is 3.51. The molecule has 1 aromatic heterocycles. The molecule has 3 N–H and O–H groups in total. The van der Waals surface area contributed by atoms with Gasteiger partial charge in [-0.25, -0.2) is 9.78 Å². The fourth-order valence-corrected chi connectivity index (χ4v) is 3.78. The van der Waals surface area contributed by atoms with Crippen LogP contribution in [0.3, 0.4) is 0 Å². The molecule has 8 heteroatoms. The van der Waals surface area contributed by atoms with Gasteiger partial charge in [0.1, 0.15) is 5.82 Å². The van der Waals surface area contributed by atoms with Gasteiger partial charge in [0.15, 0.2) is 0 Å². The van der Waals surface area contributed by atoms with Crippen molar-refractivity contribution >= 4 is 45.1 Å². The molecule has 1 saturated heterocycles. The lowest BCUT2D eigenvalue weighted by molar-refractivity contribution is 0.222. The lowest BCUT2D eigenvalue weighted by Gasteiger charge is -2.16. The molecule has 1 aliphatic rings. The molecule has 3 aromatic rings. The SMILES string of the molecule is O=C(Nc1cccc(Nc2ncc(Br)c(NCCc3ccccc3)n2)c1)N1CCCC1. The summed E-state index contributed by atoms with van der Waals surface area (Å²) in [6.07, 6.45) is 4.76. The minimum absolute atomic E-state index is 0.0561. The summed E-state index contributed by atoms with van der Waals surface area (Å²) in [6, 6.07) is 17.8. The van der Waals surface area contributed by atoms with Gasteiger partial charge >= 0.3 is 6.03 Å². The molecule has 1 fully saturated rings. The zero-order valence-corrected chi connectivity index (χ0v) is 18.7. The van der Waals surface area contributed by atoms with Crippen LogP contribution in [0.4, 0.5) is 27.9 Å². The van der Waals surface area contributed by atoms with Crippen molar-refractivity contribution in [2.75, 3.05) is 35.6 Å². The number of anilines is 4. The standard InChI is InChI=1S/C23H25BrN6O/c24-20-16-26-22(29-21(20)25-12-11-17-7-2-1-3-8-17)27-18-9-6-10-19(15-18)28-23(31)30-13-4-5-14-30/h1-3,6-10,15-16H,4-5,11-14H2,(H,28,31)(H2,25,26,27,29). The van der Waals surface area contributed by atoms with E-state index in [2.05, 4.69) is 54.0 Å². The van der Waals surface area contributed by atoms with E-state index in [0.29, 0.717) is 5.95 Å². The maximum atomic E-state index is 12.3. The van der Waals surface area contributed by atoms with Gasteiger partial charge in [-0.2, -0.15) is 4.98 Å². The maximum absolute atomic E-state index is 12.3. The number of hydrogen-bond acceptors (Lipinski definition) is 5. The van der Waals surface area contributed by atoms with E-state index in [4.69, 9.17) is 0 Å². The second kappa shape index (κ2) is 10.3. The zero-order chi connectivity index (χ0) is 21.5. The largest absolute Gasteiger partial charge is 0.369 e. The third-order valence-electron chi connectivity index (χ3n) is 5.06. The maximum Gasteiger partial charge on any atom is 0.321 e. The van der Waals surface area contributed by atoms with E-state index in [1.54, 1.807) is 6.20 Å². The number of carbonyl (C=O) groups is 1. The average Bonchev–Trinajstić information content (AvgIpc) is 3.32. The third-order valence-corrected chi connectivity index (χ3v) is 5.64. The number of likely N-dealkylation sites (tertiary alicyclic amines) is 1. The van der Waals surface area contributed by atoms with E-state index >= 15 is 0 Å². The summed E-state index contributed by atoms with van der Waals surface area (Å²) in [5, 5.41) is 9.53. The molecule has 2 amide bonds. The van der Waals surface area contributed by atoms with Crippen LogP contribution < -0.4 is 16.0 Å². The van der Waals surface area contributed by atoms with Crippen LogP contribution in [0.1, 0.15) is 18.4 Å². The highest BCUT2D eigenvalue weighted by atomic mass is 79.9. The van der Waals surface area contributed by atoms with Crippen LogP contribution in [-0.2, 0) is 6.42 Å². The van der Waals surface area contributed by atoms with E-state index in [9.17, 15) is 4.79 Å². The minimum atomic E-state index is -0.0561. The van der Waals surface area contributed by atoms with Crippen molar-refractivity contribution in [2.24, 2.45) is 0 Å². The number of aromatic nitrogens is 2. The molecule has 160 valence electrons. The van der Waals surface area contributed by atoms with Gasteiger partial charge in [0.2, 0.25) is 5.95 Å². The number of halogens is 1. The van der Waals surface area contributed by atoms with Gasteiger partial charge in [0.05, 0.1) is 4.47 Å². The van der Waals surface area contributed by atoms with Gasteiger partial charge < -0.3 is 20.9 Å². The number of urea groups is 1. The van der Waals surface area contributed by atoms with Gasteiger partial charge in [-0.3, -0.25) is 0 Å². The minimum Gasteiger partial charge on any atom is -0.369 e. The lowest BCUT2D eigenvalue weighted by atomic mass is 10.1. The Morgan fingerprint density at radius 3 is 2.61 bits per heavy atom. The van der Waals surface area contributed by atoms with Crippen LogP contribution in [0.25, 0.3) is 0 Å². The summed E-state index contributed by atoms with van der Waals surface area (Å²) in [5.41, 5.74) is 2.81. The molecular formula is C23H25BrN6O. The van der Waals surface area contributed by atoms with Crippen LogP contribution in [-0.4, -0.2) is 40.5 Å². The van der Waals surface area contributed by atoms with E-state index in [1.807, 2.05) is 47.4 Å². The van der Waals surface area contributed by atoms with Crippen molar-refractivity contribution in [2.45, 2.75) is 19.3 Å². The Hall–Kier alpha value is -3.13. The fraction of sp³-hybridized carbons (Fsp3) is 0.261. The summed E-state index contributed by atoms with van der Waals surface area (Å²) in [4.78, 5) is 23.1. The average molecular weight is 481 g/mol. The number of hydrogen-bond donors (Lipinski definition) is 3. The quantitative estimate of drug-likeness (QED) is 0.429. The molecule has 0 atom stereocenters. The van der Waals surface area contributed by atoms with Crippen LogP contribution in [0, 0.1) is 0 Å². The lowest BCUT2D eigenvalue weighted by Crippen LogP contribution is -2.32. The fourth-order valence-electron chi connectivity index (χ4n) is 3.45. The molecular weight excluding hydrogens is 456 g/mol. The topological polar surface area (TPSA) is 82.2 Å². The Kier molecular flexibility index (Phi) is 6.99. The van der Waals surface area contributed by atoms with Crippen molar-refractivity contribution in [1.29, 1.82) is 0 Å². The Balaban J connectivity index is 1.37. The molecule has 0 unspecified atom stereocenters. The Morgan fingerprint density at radius 1 is 1.03 bits per heavy atom. The smallest absolute Gasteiger partial charge is 0.321 e. The predicted molar refractivity (Wildman–Crippen MR) is 128 cm³/mol. The summed E-state index contributed by atoms with van der Waals surface area (Å²) in [5.74, 6) is 1.21. The first-order valence-electron chi connectivity index (χ1n) is 10.4. The van der Waals surface area contributed by atoms with Gasteiger partial charge in [-0.15, -0.1) is 0 Å². The first kappa shape index (κ1) is 21.1. The Morgan fingerprint density at radius 2 is 1.81 bits per heavy atom. The number of benzene rings is 2. The highest BCUT2D eigenvalue weighted by Gasteiger charge is 2.17. The van der Waals surface area contributed by atoms with E-state index in [1.165, 1.54) is 5.56 Å². The molecule has 2 heterocycles. The van der Waals surface area contributed by atoms with Crippen molar-refractivity contribution in [1.82, 2.24) is 14.9 Å². The Bertz CT molecular complexity index is 1020. The van der Waals surface area contributed by atoms with E-state index in [0.717, 1.165) is 60.6 Å². The molecule has 0 saturated carbocycles. The second-order valence-electron chi connectivity index (χ2n) is 7.38. The van der Waals surface area contributed by atoms with E-state index < -0.39 is 0 Å². The Labute approximate surface area is 190 Å². The van der Waals surface area contributed by atoms with Crippen molar-refractivity contribution in [3.63, 3.8) is 0 Å². The number of nitrogens with zero attached hydrogens (tertiary/aromatic N) is 3. The number of amides is 2. The normalized spacial score (nSPS) is 13.1. The molecule has 1 aliphatic heterocycles. The molecule has 0 bridgehead atoms. The van der Waals surface area contributed by atoms with Crippen LogP contribution in [0.2, 0.25) is 0 Å². The zero-order valence-electron chi connectivity index (χ0n) is 17.1. The number of carbonyl (C=O) groups excluding carboxylic acids is 1. The van der Waals surface area contributed by atoms with Crippen LogP contribution in [0.5, 0.6) is 0 Å². The highest BCUT2D eigenvalue weighted by molar-refractivity contribution is 9.10. The van der Waals surface area contributed by atoms with Gasteiger partial charge in [0, 0.05) is 37.2 Å². The molecule has 7 nitrogen and oxygen atoms in total. The molecule has 2 aromatic carbocycles. The van der Waals surface area contributed by atoms with Crippen LogP contribution in [0.15, 0.2) is 65.3 Å². The molecule has 4 rings (SSSR count). The third kappa shape index (κ3) is 5.95. The van der Waals surface area contributed by atoms with Crippen LogP contribution >= 0.6 is 15.9 Å². The van der Waals surface area contributed by atoms with Crippen molar-refractivity contribution in [3.8, 4) is 0 Å². The first-order chi connectivity index (χ1) is 15.2. The predicted octanol–water partition coefficient (Wildman–Crippen LogP) is 5.27. The summed E-state index contributed by atoms with van der Waals surface area (Å²) in [7, 11) is 0. The van der Waals surface area contributed by atoms with Gasteiger partial charge in [-0.05, 0) is 59.0 Å². The van der Waals surface area contributed by atoms with Crippen molar-refractivity contribution in [3.05, 3.63) is 70.8 Å². The number of rotatable bonds is 7. The van der Waals surface area contributed by atoms with Gasteiger partial charge in [-0.1, -0.05) is 36.4 Å². The van der Waals surface area contributed by atoms with Crippen molar-refractivity contribution < 1.29 is 4.79 Å². The molecule has 31 heavy (non-hydrogen) atoms. The summed E-state index contributed by atoms with van der Waals surface area (Å²) in [6.45, 7) is 2.39. The monoisotopic (exact) mass is 480 g/mol. The highest BCUT2D eigenvalue weighted by Crippen LogP contribution is 2.23.